The van der Waals surface area contributed by atoms with Gasteiger partial charge in [-0.25, -0.2) is 4.79 Å². The van der Waals surface area contributed by atoms with E-state index in [-0.39, 0.29) is 0 Å². The topological polar surface area (TPSA) is 51.5 Å². The van der Waals surface area contributed by atoms with Crippen LogP contribution < -0.4 is 0 Å². The van der Waals surface area contributed by atoms with Crippen LogP contribution in [0.4, 0.5) is 0 Å². The van der Waals surface area contributed by atoms with Crippen molar-refractivity contribution in [3.63, 3.8) is 0 Å². The molecule has 0 amide bonds. The van der Waals surface area contributed by atoms with E-state index >= 15 is 0 Å². The number of hydrogen-bond acceptors (Lipinski definition) is 2. The molecule has 17 heavy (non-hydrogen) atoms. The van der Waals surface area contributed by atoms with Gasteiger partial charge in [0.25, 0.3) is 0 Å². The average molecular weight is 231 g/mol. The zero-order valence-electron chi connectivity index (χ0n) is 9.30. The number of benzene rings is 1. The summed E-state index contributed by atoms with van der Waals surface area (Å²) in [5, 5.41) is 10.1. The summed E-state index contributed by atoms with van der Waals surface area (Å²) < 4.78 is 7.26. The number of hydrogen-bond donors (Lipinski definition) is 1. The molecule has 0 bridgehead atoms. The third-order valence-electron chi connectivity index (χ3n) is 3.18. The summed E-state index contributed by atoms with van der Waals surface area (Å²) >= 11 is 0. The highest BCUT2D eigenvalue weighted by atomic mass is 16.5. The van der Waals surface area contributed by atoms with Crippen LogP contribution in [0.15, 0.2) is 30.5 Å². The van der Waals surface area contributed by atoms with Crippen LogP contribution in [-0.4, -0.2) is 28.9 Å². The molecule has 4 heteroatoms. The van der Waals surface area contributed by atoms with Crippen molar-refractivity contribution in [2.75, 3.05) is 13.2 Å². The zero-order chi connectivity index (χ0) is 11.8. The molecular weight excluding hydrogens is 218 g/mol. The quantitative estimate of drug-likeness (QED) is 0.878. The minimum absolute atomic E-state index is 0.335. The normalized spacial score (nSPS) is 16.0. The second-order valence-electron chi connectivity index (χ2n) is 4.45. The number of carbonyl (C=O) groups is 1. The minimum Gasteiger partial charge on any atom is -0.478 e. The smallest absolute Gasteiger partial charge is 0.335 e. The molecule has 0 aliphatic carbocycles. The summed E-state index contributed by atoms with van der Waals surface area (Å²) in [7, 11) is 0. The molecule has 2 aromatic rings. The first-order valence-corrected chi connectivity index (χ1v) is 5.64. The lowest BCUT2D eigenvalue weighted by atomic mass is 10.1. The Morgan fingerprint density at radius 1 is 1.41 bits per heavy atom. The van der Waals surface area contributed by atoms with Crippen LogP contribution in [0.1, 0.15) is 10.4 Å². The number of carboxylic acid groups (broad SMARTS) is 1. The number of aromatic carboxylic acids is 1. The number of ether oxygens (including phenoxy) is 1. The van der Waals surface area contributed by atoms with Gasteiger partial charge in [0.05, 0.1) is 18.8 Å². The van der Waals surface area contributed by atoms with Crippen LogP contribution in [0.25, 0.3) is 10.9 Å². The molecule has 0 radical (unpaired) electrons. The maximum atomic E-state index is 10.9. The molecule has 1 aromatic heterocycles. The Labute approximate surface area is 98.4 Å². The third-order valence-corrected chi connectivity index (χ3v) is 3.18. The molecule has 0 spiro atoms. The van der Waals surface area contributed by atoms with Gasteiger partial charge in [-0.2, -0.15) is 0 Å². The standard InChI is InChI=1S/C13H13NO3/c15-13(16)11-2-1-10-3-4-14(12(10)5-11)6-9-7-17-8-9/h1-5,9H,6-8H2,(H,15,16). The zero-order valence-corrected chi connectivity index (χ0v) is 9.30. The van der Waals surface area contributed by atoms with Gasteiger partial charge in [0.1, 0.15) is 0 Å². The van der Waals surface area contributed by atoms with Crippen molar-refractivity contribution in [2.24, 2.45) is 5.92 Å². The van der Waals surface area contributed by atoms with E-state index in [0.717, 1.165) is 30.7 Å². The predicted molar refractivity (Wildman–Crippen MR) is 63.2 cm³/mol. The molecule has 0 saturated carbocycles. The first-order valence-electron chi connectivity index (χ1n) is 5.64. The summed E-state index contributed by atoms with van der Waals surface area (Å²) in [6.45, 7) is 2.50. The van der Waals surface area contributed by atoms with E-state index in [2.05, 4.69) is 4.57 Å². The molecule has 0 atom stereocenters. The summed E-state index contributed by atoms with van der Waals surface area (Å²) in [4.78, 5) is 10.9. The van der Waals surface area contributed by atoms with E-state index in [9.17, 15) is 4.79 Å². The van der Waals surface area contributed by atoms with Crippen LogP contribution >= 0.6 is 0 Å². The van der Waals surface area contributed by atoms with Gasteiger partial charge < -0.3 is 14.4 Å². The van der Waals surface area contributed by atoms with E-state index in [0.29, 0.717) is 11.5 Å². The highest BCUT2D eigenvalue weighted by molar-refractivity contribution is 5.93. The number of rotatable bonds is 3. The maximum absolute atomic E-state index is 10.9. The molecule has 1 aliphatic rings. The fourth-order valence-electron chi connectivity index (χ4n) is 2.14. The van der Waals surface area contributed by atoms with Crippen molar-refractivity contribution >= 4 is 16.9 Å². The van der Waals surface area contributed by atoms with Crippen LogP contribution in [0.3, 0.4) is 0 Å². The van der Waals surface area contributed by atoms with Crippen molar-refractivity contribution in [1.82, 2.24) is 4.57 Å². The summed E-state index contributed by atoms with van der Waals surface area (Å²) in [6.07, 6.45) is 2.01. The highest BCUT2D eigenvalue weighted by Gasteiger charge is 2.19. The molecule has 0 unspecified atom stereocenters. The molecule has 88 valence electrons. The van der Waals surface area contributed by atoms with Crippen molar-refractivity contribution in [3.8, 4) is 0 Å². The minimum atomic E-state index is -0.883. The van der Waals surface area contributed by atoms with E-state index in [1.807, 2.05) is 18.3 Å². The van der Waals surface area contributed by atoms with Gasteiger partial charge in [-0.15, -0.1) is 0 Å². The molecule has 1 N–H and O–H groups in total. The Kier molecular flexibility index (Phi) is 2.37. The molecule has 3 rings (SSSR count). The number of nitrogens with zero attached hydrogens (tertiary/aromatic N) is 1. The van der Waals surface area contributed by atoms with Gasteiger partial charge in [0, 0.05) is 24.2 Å². The van der Waals surface area contributed by atoms with Gasteiger partial charge in [-0.05, 0) is 23.6 Å². The fourth-order valence-corrected chi connectivity index (χ4v) is 2.14. The second kappa shape index (κ2) is 3.89. The fraction of sp³-hybridized carbons (Fsp3) is 0.308. The van der Waals surface area contributed by atoms with Crippen molar-refractivity contribution in [1.29, 1.82) is 0 Å². The van der Waals surface area contributed by atoms with Crippen molar-refractivity contribution in [3.05, 3.63) is 36.0 Å². The Balaban J connectivity index is 1.99. The molecule has 4 nitrogen and oxygen atoms in total. The Morgan fingerprint density at radius 2 is 2.24 bits per heavy atom. The molecule has 1 aromatic carbocycles. The lowest BCUT2D eigenvalue weighted by Crippen LogP contribution is -2.31. The molecule has 1 aliphatic heterocycles. The highest BCUT2D eigenvalue weighted by Crippen LogP contribution is 2.21. The van der Waals surface area contributed by atoms with Crippen LogP contribution in [-0.2, 0) is 11.3 Å². The lowest BCUT2D eigenvalue weighted by Gasteiger charge is -2.26. The SMILES string of the molecule is O=C(O)c1ccc2ccn(CC3COC3)c2c1. The van der Waals surface area contributed by atoms with Gasteiger partial charge in [-0.3, -0.25) is 0 Å². The first-order chi connectivity index (χ1) is 8.24. The van der Waals surface area contributed by atoms with E-state index in [1.54, 1.807) is 12.1 Å². The molecule has 1 saturated heterocycles. The Morgan fingerprint density at radius 3 is 2.88 bits per heavy atom. The predicted octanol–water partition coefficient (Wildman–Crippen LogP) is 1.99. The number of aromatic nitrogens is 1. The first kappa shape index (κ1) is 10.4. The van der Waals surface area contributed by atoms with Crippen LogP contribution in [0.5, 0.6) is 0 Å². The van der Waals surface area contributed by atoms with Crippen LogP contribution in [0, 0.1) is 5.92 Å². The van der Waals surface area contributed by atoms with Gasteiger partial charge in [-0.1, -0.05) is 6.07 Å². The van der Waals surface area contributed by atoms with E-state index in [1.165, 1.54) is 0 Å². The van der Waals surface area contributed by atoms with Gasteiger partial charge >= 0.3 is 5.97 Å². The number of fused-ring (bicyclic) bond motifs is 1. The number of carboxylic acids is 1. The largest absolute Gasteiger partial charge is 0.478 e. The second-order valence-corrected chi connectivity index (χ2v) is 4.45. The summed E-state index contributed by atoms with van der Waals surface area (Å²) in [5.41, 5.74) is 1.32. The summed E-state index contributed by atoms with van der Waals surface area (Å²) in [5.74, 6) is -0.328. The third kappa shape index (κ3) is 1.80. The monoisotopic (exact) mass is 231 g/mol. The summed E-state index contributed by atoms with van der Waals surface area (Å²) in [6, 6.07) is 7.24. The van der Waals surface area contributed by atoms with E-state index < -0.39 is 5.97 Å². The van der Waals surface area contributed by atoms with E-state index in [4.69, 9.17) is 9.84 Å². The van der Waals surface area contributed by atoms with Crippen molar-refractivity contribution in [2.45, 2.75) is 6.54 Å². The average Bonchev–Trinajstić information content (AvgIpc) is 2.65. The maximum Gasteiger partial charge on any atom is 0.335 e. The van der Waals surface area contributed by atoms with Crippen molar-refractivity contribution < 1.29 is 14.6 Å². The Bertz CT molecular complexity index is 569. The van der Waals surface area contributed by atoms with Gasteiger partial charge in [0.2, 0.25) is 0 Å². The molecule has 2 heterocycles. The van der Waals surface area contributed by atoms with Crippen LogP contribution in [0.2, 0.25) is 0 Å². The lowest BCUT2D eigenvalue weighted by molar-refractivity contribution is -0.0388. The molecular formula is C13H13NO3. The van der Waals surface area contributed by atoms with Gasteiger partial charge in [0.15, 0.2) is 0 Å². The molecule has 1 fully saturated rings. The Hall–Kier alpha value is -1.81.